The molecule has 1 atom stereocenters. The average molecular weight is 289 g/mol. The summed E-state index contributed by atoms with van der Waals surface area (Å²) in [5.41, 5.74) is 1.68. The molecular formula is C13H11N3OS2. The van der Waals surface area contributed by atoms with Crippen molar-refractivity contribution in [3.8, 4) is 5.75 Å². The second-order valence-electron chi connectivity index (χ2n) is 4.05. The number of azo groups is 1. The molecule has 19 heavy (non-hydrogen) atoms. The summed E-state index contributed by atoms with van der Waals surface area (Å²) >= 11 is 6.02. The summed E-state index contributed by atoms with van der Waals surface area (Å²) in [5, 5.41) is 20.8. The fourth-order valence-corrected chi connectivity index (χ4v) is 3.09. The van der Waals surface area contributed by atoms with Crippen LogP contribution in [0.2, 0.25) is 0 Å². The van der Waals surface area contributed by atoms with E-state index in [9.17, 15) is 5.11 Å². The van der Waals surface area contributed by atoms with Gasteiger partial charge in [0.05, 0.1) is 11.4 Å². The maximum Gasteiger partial charge on any atom is 0.247 e. The number of hydrogen-bond donors (Lipinski definition) is 3. The van der Waals surface area contributed by atoms with Crippen LogP contribution in [-0.4, -0.2) is 9.43 Å². The highest BCUT2D eigenvalue weighted by Gasteiger charge is 2.34. The Morgan fingerprint density at radius 2 is 1.84 bits per heavy atom. The van der Waals surface area contributed by atoms with Crippen LogP contribution in [0, 0.1) is 0 Å². The van der Waals surface area contributed by atoms with E-state index in [4.69, 9.17) is 0 Å². The fraction of sp³-hybridized carbons (Fsp3) is 0.0769. The normalized spacial score (nSPS) is 21.3. The highest BCUT2D eigenvalue weighted by molar-refractivity contribution is 8.12. The third kappa shape index (κ3) is 2.69. The Balaban J connectivity index is 1.79. The van der Waals surface area contributed by atoms with Gasteiger partial charge in [-0.05, 0) is 36.4 Å². The molecule has 1 aliphatic heterocycles. The van der Waals surface area contributed by atoms with Gasteiger partial charge in [0.15, 0.2) is 0 Å². The van der Waals surface area contributed by atoms with E-state index in [1.165, 1.54) is 11.8 Å². The van der Waals surface area contributed by atoms with Gasteiger partial charge < -0.3 is 10.4 Å². The van der Waals surface area contributed by atoms with Gasteiger partial charge in [-0.15, -0.1) is 17.7 Å². The minimum Gasteiger partial charge on any atom is -0.508 e. The summed E-state index contributed by atoms with van der Waals surface area (Å²) in [4.78, 5) is 1.10. The number of rotatable bonds is 2. The van der Waals surface area contributed by atoms with Crippen molar-refractivity contribution in [3.05, 3.63) is 48.5 Å². The van der Waals surface area contributed by atoms with Crippen LogP contribution in [0.15, 0.2) is 63.7 Å². The van der Waals surface area contributed by atoms with Gasteiger partial charge in [0.25, 0.3) is 0 Å². The van der Waals surface area contributed by atoms with E-state index in [1.807, 2.05) is 24.3 Å². The quantitative estimate of drug-likeness (QED) is 0.572. The van der Waals surface area contributed by atoms with Crippen LogP contribution in [0.5, 0.6) is 5.75 Å². The number of phenolic OH excluding ortho intramolecular Hbond substituents is 1. The van der Waals surface area contributed by atoms with Gasteiger partial charge in [-0.25, -0.2) is 0 Å². The number of thiol groups is 1. The van der Waals surface area contributed by atoms with Crippen molar-refractivity contribution < 1.29 is 5.11 Å². The zero-order valence-corrected chi connectivity index (χ0v) is 11.5. The minimum atomic E-state index is -0.790. The topological polar surface area (TPSA) is 57.0 Å². The molecule has 0 aliphatic carbocycles. The molecule has 1 aliphatic rings. The Kier molecular flexibility index (Phi) is 3.12. The Morgan fingerprint density at radius 1 is 1.11 bits per heavy atom. The van der Waals surface area contributed by atoms with E-state index < -0.39 is 4.33 Å². The van der Waals surface area contributed by atoms with Crippen LogP contribution >= 0.6 is 24.4 Å². The fourth-order valence-electron chi connectivity index (χ4n) is 1.70. The van der Waals surface area contributed by atoms with Gasteiger partial charge in [0.1, 0.15) is 5.75 Å². The zero-order chi connectivity index (χ0) is 13.3. The van der Waals surface area contributed by atoms with E-state index in [0.717, 1.165) is 10.6 Å². The van der Waals surface area contributed by atoms with E-state index >= 15 is 0 Å². The van der Waals surface area contributed by atoms with E-state index in [0.29, 0.717) is 5.69 Å². The summed E-state index contributed by atoms with van der Waals surface area (Å²) in [6, 6.07) is 14.5. The number of nitrogens with zero attached hydrogens (tertiary/aromatic N) is 2. The lowest BCUT2D eigenvalue weighted by atomic mass is 10.3. The Labute approximate surface area is 120 Å². The molecule has 96 valence electrons. The molecule has 0 spiro atoms. The molecule has 3 rings (SSSR count). The molecule has 0 saturated heterocycles. The maximum absolute atomic E-state index is 9.20. The van der Waals surface area contributed by atoms with Gasteiger partial charge in [-0.3, -0.25) is 0 Å². The Bertz CT molecular complexity index is 603. The molecule has 0 radical (unpaired) electrons. The smallest absolute Gasteiger partial charge is 0.247 e. The lowest BCUT2D eigenvalue weighted by molar-refractivity contribution is 0.475. The molecule has 2 N–H and O–H groups in total. The summed E-state index contributed by atoms with van der Waals surface area (Å²) in [5.74, 6) is 0.209. The van der Waals surface area contributed by atoms with Crippen molar-refractivity contribution in [3.63, 3.8) is 0 Å². The van der Waals surface area contributed by atoms with Crippen molar-refractivity contribution in [1.29, 1.82) is 0 Å². The Hall–Kier alpha value is -1.66. The van der Waals surface area contributed by atoms with Gasteiger partial charge in [0.2, 0.25) is 4.33 Å². The highest BCUT2D eigenvalue weighted by Crippen LogP contribution is 2.48. The number of phenols is 1. The van der Waals surface area contributed by atoms with Crippen LogP contribution in [0.3, 0.4) is 0 Å². The first kappa shape index (κ1) is 12.4. The number of nitrogens with one attached hydrogen (secondary N) is 1. The summed E-state index contributed by atoms with van der Waals surface area (Å²) in [6.07, 6.45) is 0. The van der Waals surface area contributed by atoms with E-state index in [-0.39, 0.29) is 5.75 Å². The molecule has 1 heterocycles. The monoisotopic (exact) mass is 289 g/mol. The number of para-hydroxylation sites is 1. The SMILES string of the molecule is Oc1ccc(N=NC2(S)Nc3ccccc3S2)cc1. The van der Waals surface area contributed by atoms with Crippen LogP contribution in [0.25, 0.3) is 0 Å². The highest BCUT2D eigenvalue weighted by atomic mass is 32.2. The number of benzene rings is 2. The van der Waals surface area contributed by atoms with Gasteiger partial charge >= 0.3 is 0 Å². The van der Waals surface area contributed by atoms with Crippen LogP contribution in [-0.2, 0) is 0 Å². The molecule has 2 aromatic carbocycles. The lowest BCUT2D eigenvalue weighted by Gasteiger charge is -2.15. The minimum absolute atomic E-state index is 0.209. The summed E-state index contributed by atoms with van der Waals surface area (Å²) in [7, 11) is 0. The van der Waals surface area contributed by atoms with Gasteiger partial charge in [0, 0.05) is 4.90 Å². The standard InChI is InChI=1S/C13H11N3OS2/c17-10-7-5-9(6-8-10)15-16-13(18)14-11-3-1-2-4-12(11)19-13/h1-8,14,17-18H. The van der Waals surface area contributed by atoms with E-state index in [1.54, 1.807) is 24.3 Å². The van der Waals surface area contributed by atoms with E-state index in [2.05, 4.69) is 28.2 Å². The van der Waals surface area contributed by atoms with Gasteiger partial charge in [-0.2, -0.15) is 5.11 Å². The van der Waals surface area contributed by atoms with Crippen LogP contribution < -0.4 is 5.32 Å². The number of aromatic hydroxyl groups is 1. The molecule has 1 unspecified atom stereocenters. The van der Waals surface area contributed by atoms with Crippen molar-refractivity contribution in [2.24, 2.45) is 10.2 Å². The summed E-state index contributed by atoms with van der Waals surface area (Å²) in [6.45, 7) is 0. The van der Waals surface area contributed by atoms with Crippen molar-refractivity contribution in [2.45, 2.75) is 9.22 Å². The second-order valence-corrected chi connectivity index (χ2v) is 6.23. The number of thioether (sulfide) groups is 1. The van der Waals surface area contributed by atoms with Crippen LogP contribution in [0.4, 0.5) is 11.4 Å². The molecule has 2 aromatic rings. The first-order chi connectivity index (χ1) is 9.15. The average Bonchev–Trinajstić information content (AvgIpc) is 2.75. The molecule has 6 heteroatoms. The predicted molar refractivity (Wildman–Crippen MR) is 80.3 cm³/mol. The first-order valence-electron chi connectivity index (χ1n) is 5.65. The molecule has 0 aromatic heterocycles. The molecule has 0 fully saturated rings. The number of fused-ring (bicyclic) bond motifs is 1. The van der Waals surface area contributed by atoms with Gasteiger partial charge in [-0.1, -0.05) is 23.9 Å². The molecule has 4 nitrogen and oxygen atoms in total. The summed E-state index contributed by atoms with van der Waals surface area (Å²) < 4.78 is -0.790. The third-order valence-corrected chi connectivity index (χ3v) is 4.11. The first-order valence-corrected chi connectivity index (χ1v) is 6.92. The lowest BCUT2D eigenvalue weighted by Crippen LogP contribution is -2.19. The molecule has 0 bridgehead atoms. The second kappa shape index (κ2) is 4.79. The molecular weight excluding hydrogens is 278 g/mol. The zero-order valence-electron chi connectivity index (χ0n) is 9.82. The van der Waals surface area contributed by atoms with Crippen molar-refractivity contribution in [1.82, 2.24) is 0 Å². The largest absolute Gasteiger partial charge is 0.508 e. The number of hydrogen-bond acceptors (Lipinski definition) is 6. The molecule has 0 amide bonds. The molecule has 0 saturated carbocycles. The maximum atomic E-state index is 9.20. The van der Waals surface area contributed by atoms with Crippen LogP contribution in [0.1, 0.15) is 0 Å². The van der Waals surface area contributed by atoms with Crippen molar-refractivity contribution >= 4 is 35.8 Å². The third-order valence-electron chi connectivity index (χ3n) is 2.59. The Morgan fingerprint density at radius 3 is 2.58 bits per heavy atom. The number of anilines is 1. The van der Waals surface area contributed by atoms with Crippen molar-refractivity contribution in [2.75, 3.05) is 5.32 Å². The predicted octanol–water partition coefficient (Wildman–Crippen LogP) is 4.23.